The van der Waals surface area contributed by atoms with Crippen molar-refractivity contribution >= 4 is 34.7 Å². The Hall–Kier alpha value is -2.83. The third-order valence-electron chi connectivity index (χ3n) is 5.83. The van der Waals surface area contributed by atoms with Gasteiger partial charge in [0.2, 0.25) is 0 Å². The molecule has 6 nitrogen and oxygen atoms in total. The molecule has 0 N–H and O–H groups in total. The molecule has 2 atom stereocenters. The summed E-state index contributed by atoms with van der Waals surface area (Å²) >= 11 is 6.22. The van der Waals surface area contributed by atoms with Crippen LogP contribution in [0.3, 0.4) is 0 Å². The Morgan fingerprint density at radius 2 is 1.69 bits per heavy atom. The number of hydrogen-bond donors (Lipinski definition) is 0. The summed E-state index contributed by atoms with van der Waals surface area (Å²) in [5.74, 6) is -0.364. The highest BCUT2D eigenvalue weighted by atomic mass is 35.5. The van der Waals surface area contributed by atoms with E-state index in [-0.39, 0.29) is 24.0 Å². The van der Waals surface area contributed by atoms with Crippen molar-refractivity contribution in [2.75, 3.05) is 25.1 Å². The molecule has 2 heterocycles. The first-order valence-electron chi connectivity index (χ1n) is 10.7. The normalized spacial score (nSPS) is 21.6. The van der Waals surface area contributed by atoms with Gasteiger partial charge in [-0.1, -0.05) is 35.4 Å². The van der Waals surface area contributed by atoms with Crippen molar-refractivity contribution in [1.29, 1.82) is 0 Å². The maximum Gasteiger partial charge on any atom is 0.282 e. The number of carbonyl (C=O) groups excluding carboxylic acids is 2. The molecule has 7 heteroatoms. The van der Waals surface area contributed by atoms with Crippen LogP contribution in [0.2, 0.25) is 5.02 Å². The molecular formula is C25H27ClN2O4. The molecule has 32 heavy (non-hydrogen) atoms. The first-order chi connectivity index (χ1) is 15.2. The average Bonchev–Trinajstić information content (AvgIpc) is 2.97. The van der Waals surface area contributed by atoms with Crippen LogP contribution >= 0.6 is 11.6 Å². The smallest absolute Gasteiger partial charge is 0.282 e. The van der Waals surface area contributed by atoms with E-state index in [1.165, 1.54) is 12.0 Å². The summed E-state index contributed by atoms with van der Waals surface area (Å²) in [5, 5.41) is 0.413. The van der Waals surface area contributed by atoms with Crippen molar-refractivity contribution in [2.45, 2.75) is 39.9 Å². The number of rotatable bonds is 4. The van der Waals surface area contributed by atoms with E-state index < -0.39 is 0 Å². The van der Waals surface area contributed by atoms with Crippen molar-refractivity contribution in [1.82, 2.24) is 4.90 Å². The molecule has 2 aromatic carbocycles. The van der Waals surface area contributed by atoms with Gasteiger partial charge in [-0.25, -0.2) is 4.90 Å². The highest BCUT2D eigenvalue weighted by Crippen LogP contribution is 2.41. The SMILES string of the molecule is COc1ccc(Cl)cc1N1C(=O)C(c2ccc(C)cc2C)=C(N2CC(C)OC(C)C2)C1=O. The van der Waals surface area contributed by atoms with Crippen LogP contribution in [-0.4, -0.2) is 49.1 Å². The highest BCUT2D eigenvalue weighted by molar-refractivity contribution is 6.46. The lowest BCUT2D eigenvalue weighted by molar-refractivity contribution is -0.121. The van der Waals surface area contributed by atoms with E-state index in [1.807, 2.05) is 50.8 Å². The first-order valence-corrected chi connectivity index (χ1v) is 11.0. The predicted octanol–water partition coefficient (Wildman–Crippen LogP) is 4.36. The van der Waals surface area contributed by atoms with Gasteiger partial charge in [-0.05, 0) is 57.0 Å². The van der Waals surface area contributed by atoms with Crippen molar-refractivity contribution in [3.63, 3.8) is 0 Å². The third kappa shape index (κ3) is 3.89. The van der Waals surface area contributed by atoms with E-state index in [0.717, 1.165) is 16.7 Å². The van der Waals surface area contributed by atoms with Gasteiger partial charge in [-0.2, -0.15) is 0 Å². The molecule has 2 amide bonds. The van der Waals surface area contributed by atoms with Crippen LogP contribution in [0.15, 0.2) is 42.1 Å². The Morgan fingerprint density at radius 3 is 2.31 bits per heavy atom. The predicted molar refractivity (Wildman–Crippen MR) is 125 cm³/mol. The lowest BCUT2D eigenvalue weighted by Crippen LogP contribution is -2.47. The molecule has 4 rings (SSSR count). The second-order valence-corrected chi connectivity index (χ2v) is 8.90. The second kappa shape index (κ2) is 8.60. The summed E-state index contributed by atoms with van der Waals surface area (Å²) < 4.78 is 11.3. The Balaban J connectivity index is 1.90. The molecule has 0 saturated carbocycles. The number of ether oxygens (including phenoxy) is 2. The molecule has 0 radical (unpaired) electrons. The molecule has 1 saturated heterocycles. The van der Waals surface area contributed by atoms with Crippen molar-refractivity contribution in [3.8, 4) is 5.75 Å². The summed E-state index contributed by atoms with van der Waals surface area (Å²) in [7, 11) is 1.50. The van der Waals surface area contributed by atoms with E-state index >= 15 is 0 Å². The first kappa shape index (κ1) is 22.4. The molecule has 0 aromatic heterocycles. The van der Waals surface area contributed by atoms with Crippen molar-refractivity contribution < 1.29 is 19.1 Å². The summed E-state index contributed by atoms with van der Waals surface area (Å²) in [5.41, 5.74) is 3.91. The molecular weight excluding hydrogens is 428 g/mol. The standard InChI is InChI=1S/C25H27ClN2O4/c1-14-6-8-19(15(2)10-14)22-23(27-12-16(3)32-17(4)13-27)25(30)28(24(22)29)20-11-18(26)7-9-21(20)31-5/h6-11,16-17H,12-13H2,1-5H3. The van der Waals surface area contributed by atoms with E-state index in [0.29, 0.717) is 40.8 Å². The molecule has 2 unspecified atom stereocenters. The Bertz CT molecular complexity index is 1120. The van der Waals surface area contributed by atoms with Gasteiger partial charge in [0.05, 0.1) is 30.6 Å². The number of carbonyl (C=O) groups is 2. The number of morpholine rings is 1. The molecule has 2 aliphatic heterocycles. The van der Waals surface area contributed by atoms with Crippen LogP contribution in [-0.2, 0) is 14.3 Å². The summed E-state index contributed by atoms with van der Waals surface area (Å²) in [6.45, 7) is 8.94. The minimum absolute atomic E-state index is 0.0655. The Morgan fingerprint density at radius 1 is 1.00 bits per heavy atom. The number of hydrogen-bond acceptors (Lipinski definition) is 5. The summed E-state index contributed by atoms with van der Waals surface area (Å²) in [4.78, 5) is 30.8. The maximum absolute atomic E-state index is 13.8. The number of halogens is 1. The van der Waals surface area contributed by atoms with Gasteiger partial charge in [-0.15, -0.1) is 0 Å². The fourth-order valence-electron chi connectivity index (χ4n) is 4.57. The van der Waals surface area contributed by atoms with Gasteiger partial charge in [-0.3, -0.25) is 9.59 Å². The summed E-state index contributed by atoms with van der Waals surface area (Å²) in [6, 6.07) is 10.8. The number of methoxy groups -OCH3 is 1. The number of benzene rings is 2. The van der Waals surface area contributed by atoms with Crippen LogP contribution < -0.4 is 9.64 Å². The van der Waals surface area contributed by atoms with E-state index in [1.54, 1.807) is 18.2 Å². The topological polar surface area (TPSA) is 59.1 Å². The van der Waals surface area contributed by atoms with Crippen LogP contribution in [0.4, 0.5) is 5.69 Å². The highest BCUT2D eigenvalue weighted by Gasteiger charge is 2.45. The van der Waals surface area contributed by atoms with E-state index in [2.05, 4.69) is 0 Å². The van der Waals surface area contributed by atoms with Gasteiger partial charge in [0, 0.05) is 18.1 Å². The van der Waals surface area contributed by atoms with Crippen LogP contribution in [0, 0.1) is 13.8 Å². The Kier molecular flexibility index (Phi) is 6.01. The van der Waals surface area contributed by atoms with Crippen LogP contribution in [0.5, 0.6) is 5.75 Å². The number of imide groups is 1. The minimum Gasteiger partial charge on any atom is -0.495 e. The van der Waals surface area contributed by atoms with Gasteiger partial charge >= 0.3 is 0 Å². The lowest BCUT2D eigenvalue weighted by atomic mass is 9.97. The van der Waals surface area contributed by atoms with Gasteiger partial charge in [0.15, 0.2) is 0 Å². The molecule has 2 aromatic rings. The monoisotopic (exact) mass is 454 g/mol. The van der Waals surface area contributed by atoms with Crippen molar-refractivity contribution in [2.24, 2.45) is 0 Å². The number of anilines is 1. The van der Waals surface area contributed by atoms with Gasteiger partial charge in [0.25, 0.3) is 11.8 Å². The second-order valence-electron chi connectivity index (χ2n) is 8.47. The zero-order valence-electron chi connectivity index (χ0n) is 18.9. The average molecular weight is 455 g/mol. The van der Waals surface area contributed by atoms with Gasteiger partial charge in [0.1, 0.15) is 11.4 Å². The fraction of sp³-hybridized carbons (Fsp3) is 0.360. The number of nitrogens with zero attached hydrogens (tertiary/aromatic N) is 2. The molecule has 0 aliphatic carbocycles. The quantitative estimate of drug-likeness (QED) is 0.642. The lowest BCUT2D eigenvalue weighted by Gasteiger charge is -2.37. The van der Waals surface area contributed by atoms with Crippen LogP contribution in [0.1, 0.15) is 30.5 Å². The zero-order chi connectivity index (χ0) is 23.2. The van der Waals surface area contributed by atoms with Gasteiger partial charge < -0.3 is 14.4 Å². The molecule has 1 fully saturated rings. The molecule has 2 aliphatic rings. The zero-order valence-corrected chi connectivity index (χ0v) is 19.7. The fourth-order valence-corrected chi connectivity index (χ4v) is 4.73. The molecule has 0 bridgehead atoms. The summed E-state index contributed by atoms with van der Waals surface area (Å²) in [6.07, 6.45) is -0.131. The number of amides is 2. The number of aryl methyl sites for hydroxylation is 2. The van der Waals surface area contributed by atoms with E-state index in [4.69, 9.17) is 21.1 Å². The molecule has 168 valence electrons. The Labute approximate surface area is 193 Å². The molecule has 0 spiro atoms. The minimum atomic E-state index is -0.385. The van der Waals surface area contributed by atoms with Crippen LogP contribution in [0.25, 0.3) is 5.57 Å². The maximum atomic E-state index is 13.8. The largest absolute Gasteiger partial charge is 0.495 e. The third-order valence-corrected chi connectivity index (χ3v) is 6.06. The van der Waals surface area contributed by atoms with Crippen molar-refractivity contribution in [3.05, 3.63) is 63.8 Å². The van der Waals surface area contributed by atoms with E-state index in [9.17, 15) is 9.59 Å².